The van der Waals surface area contributed by atoms with E-state index in [0.717, 1.165) is 42.2 Å². The lowest BCUT2D eigenvalue weighted by molar-refractivity contribution is -0.136. The van der Waals surface area contributed by atoms with Crippen molar-refractivity contribution in [3.05, 3.63) is 35.0 Å². The number of rotatable bonds is 0. The summed E-state index contributed by atoms with van der Waals surface area (Å²) in [6.45, 7) is 0. The van der Waals surface area contributed by atoms with E-state index < -0.39 is 11.7 Å². The molecule has 1 nitrogen and oxygen atoms in total. The third-order valence-electron chi connectivity index (χ3n) is 3.48. The fraction of sp³-hybridized carbons (Fsp3) is 0.385. The normalized spacial score (nSPS) is 16.2. The van der Waals surface area contributed by atoms with E-state index in [-0.39, 0.29) is 5.52 Å². The Hall–Kier alpha value is -1.45. The molecule has 90 valence electrons. The van der Waals surface area contributed by atoms with Crippen molar-refractivity contribution in [2.45, 2.75) is 31.9 Å². The average Bonchev–Trinajstić information content (AvgIpc) is 2.75. The number of hydrogen-bond donors (Lipinski definition) is 1. The topological polar surface area (TPSA) is 15.8 Å². The fourth-order valence-corrected chi connectivity index (χ4v) is 2.71. The van der Waals surface area contributed by atoms with Gasteiger partial charge in [-0.2, -0.15) is 13.2 Å². The first-order valence-electron chi connectivity index (χ1n) is 5.76. The van der Waals surface area contributed by atoms with Crippen molar-refractivity contribution in [3.8, 4) is 0 Å². The molecule has 0 saturated carbocycles. The van der Waals surface area contributed by atoms with Gasteiger partial charge >= 0.3 is 6.18 Å². The van der Waals surface area contributed by atoms with Gasteiger partial charge in [0.25, 0.3) is 0 Å². The van der Waals surface area contributed by atoms with E-state index in [2.05, 4.69) is 4.98 Å². The molecule has 17 heavy (non-hydrogen) atoms. The first-order chi connectivity index (χ1) is 8.07. The second-order valence-electron chi connectivity index (χ2n) is 4.53. The highest BCUT2D eigenvalue weighted by Gasteiger charge is 2.34. The van der Waals surface area contributed by atoms with Crippen molar-refractivity contribution in [1.29, 1.82) is 0 Å². The smallest absolute Gasteiger partial charge is 0.361 e. The SMILES string of the molecule is FC(F)(F)c1cc2c(c3cc[nH]c13)CCCC2. The molecule has 0 bridgehead atoms. The first-order valence-corrected chi connectivity index (χ1v) is 5.76. The van der Waals surface area contributed by atoms with Crippen LogP contribution in [-0.4, -0.2) is 4.98 Å². The lowest BCUT2D eigenvalue weighted by Crippen LogP contribution is -2.10. The minimum absolute atomic E-state index is 0.234. The van der Waals surface area contributed by atoms with Gasteiger partial charge in [0.15, 0.2) is 0 Å². The third-order valence-corrected chi connectivity index (χ3v) is 3.48. The van der Waals surface area contributed by atoms with Gasteiger partial charge in [0.1, 0.15) is 0 Å². The zero-order valence-corrected chi connectivity index (χ0v) is 9.19. The Morgan fingerprint density at radius 2 is 1.88 bits per heavy atom. The van der Waals surface area contributed by atoms with Gasteiger partial charge in [-0.05, 0) is 48.9 Å². The Balaban J connectivity index is 2.34. The maximum absolute atomic E-state index is 12.9. The number of fused-ring (bicyclic) bond motifs is 3. The lowest BCUT2D eigenvalue weighted by Gasteiger charge is -2.19. The highest BCUT2D eigenvalue weighted by Crippen LogP contribution is 2.38. The van der Waals surface area contributed by atoms with Crippen LogP contribution in [0.3, 0.4) is 0 Å². The zero-order chi connectivity index (χ0) is 12.0. The summed E-state index contributed by atoms with van der Waals surface area (Å²) in [5.74, 6) is 0. The molecule has 1 N–H and O–H groups in total. The molecule has 0 unspecified atom stereocenters. The van der Waals surface area contributed by atoms with E-state index >= 15 is 0 Å². The predicted octanol–water partition coefficient (Wildman–Crippen LogP) is 4.07. The predicted molar refractivity (Wildman–Crippen MR) is 59.9 cm³/mol. The van der Waals surface area contributed by atoms with Gasteiger partial charge < -0.3 is 4.98 Å². The van der Waals surface area contributed by atoms with Crippen LogP contribution in [0.5, 0.6) is 0 Å². The summed E-state index contributed by atoms with van der Waals surface area (Å²) < 4.78 is 38.8. The third kappa shape index (κ3) is 1.63. The number of aryl methyl sites for hydroxylation is 2. The first kappa shape index (κ1) is 10.7. The van der Waals surface area contributed by atoms with Crippen LogP contribution >= 0.6 is 0 Å². The number of alkyl halides is 3. The van der Waals surface area contributed by atoms with Gasteiger partial charge in [0.2, 0.25) is 0 Å². The van der Waals surface area contributed by atoms with Gasteiger partial charge in [-0.25, -0.2) is 0 Å². The van der Waals surface area contributed by atoms with E-state index in [0.29, 0.717) is 0 Å². The molecule has 0 amide bonds. The molecule has 3 rings (SSSR count). The second kappa shape index (κ2) is 3.52. The quantitative estimate of drug-likeness (QED) is 0.713. The molecule has 1 aliphatic carbocycles. The van der Waals surface area contributed by atoms with E-state index in [1.807, 2.05) is 0 Å². The van der Waals surface area contributed by atoms with E-state index in [9.17, 15) is 13.2 Å². The number of aromatic amines is 1. The molecule has 0 aliphatic heterocycles. The van der Waals surface area contributed by atoms with E-state index in [1.54, 1.807) is 12.3 Å². The highest BCUT2D eigenvalue weighted by molar-refractivity contribution is 5.87. The van der Waals surface area contributed by atoms with Crippen LogP contribution in [0.15, 0.2) is 18.3 Å². The second-order valence-corrected chi connectivity index (χ2v) is 4.53. The van der Waals surface area contributed by atoms with Crippen LogP contribution in [-0.2, 0) is 19.0 Å². The Kier molecular flexibility index (Phi) is 2.21. The lowest BCUT2D eigenvalue weighted by atomic mass is 9.87. The molecule has 0 atom stereocenters. The molecule has 4 heteroatoms. The minimum atomic E-state index is -4.28. The average molecular weight is 239 g/mol. The molecule has 0 saturated heterocycles. The number of hydrogen-bond acceptors (Lipinski definition) is 0. The molecule has 0 spiro atoms. The Morgan fingerprint density at radius 3 is 2.65 bits per heavy atom. The zero-order valence-electron chi connectivity index (χ0n) is 9.19. The molecule has 1 heterocycles. The van der Waals surface area contributed by atoms with Crippen molar-refractivity contribution < 1.29 is 13.2 Å². The van der Waals surface area contributed by atoms with Gasteiger partial charge in [-0.1, -0.05) is 0 Å². The van der Waals surface area contributed by atoms with Crippen LogP contribution < -0.4 is 0 Å². The van der Waals surface area contributed by atoms with Crippen molar-refractivity contribution in [1.82, 2.24) is 4.98 Å². The fourth-order valence-electron chi connectivity index (χ4n) is 2.71. The number of nitrogens with one attached hydrogen (secondary N) is 1. The summed E-state index contributed by atoms with van der Waals surface area (Å²) in [5.41, 5.74) is 1.67. The van der Waals surface area contributed by atoms with Crippen LogP contribution in [0.2, 0.25) is 0 Å². The van der Waals surface area contributed by atoms with Gasteiger partial charge in [-0.15, -0.1) is 0 Å². The Labute approximate surface area is 96.6 Å². The van der Waals surface area contributed by atoms with Crippen LogP contribution in [0, 0.1) is 0 Å². The maximum Gasteiger partial charge on any atom is 0.418 e. The number of halogens is 3. The molecule has 1 aromatic carbocycles. The standard InChI is InChI=1S/C13H12F3N/c14-13(15,16)11-7-8-3-1-2-4-9(8)10-5-6-17-12(10)11/h5-7,17H,1-4H2. The van der Waals surface area contributed by atoms with Crippen molar-refractivity contribution in [3.63, 3.8) is 0 Å². The van der Waals surface area contributed by atoms with Gasteiger partial charge in [0.05, 0.1) is 11.1 Å². The molecular weight excluding hydrogens is 227 g/mol. The summed E-state index contributed by atoms with van der Waals surface area (Å²) >= 11 is 0. The van der Waals surface area contributed by atoms with Crippen LogP contribution in [0.25, 0.3) is 10.9 Å². The van der Waals surface area contributed by atoms with Gasteiger partial charge in [0, 0.05) is 11.6 Å². The Morgan fingerprint density at radius 1 is 1.12 bits per heavy atom. The number of aromatic nitrogens is 1. The monoisotopic (exact) mass is 239 g/mol. The summed E-state index contributed by atoms with van der Waals surface area (Å²) in [5, 5.41) is 0.745. The summed E-state index contributed by atoms with van der Waals surface area (Å²) in [7, 11) is 0. The highest BCUT2D eigenvalue weighted by atomic mass is 19.4. The molecule has 0 fully saturated rings. The molecule has 1 aromatic heterocycles. The van der Waals surface area contributed by atoms with Crippen LogP contribution in [0.4, 0.5) is 13.2 Å². The Bertz CT molecular complexity index is 566. The minimum Gasteiger partial charge on any atom is -0.361 e. The van der Waals surface area contributed by atoms with E-state index in [4.69, 9.17) is 0 Å². The molecule has 1 aliphatic rings. The summed E-state index contributed by atoms with van der Waals surface area (Å²) in [4.78, 5) is 2.72. The van der Waals surface area contributed by atoms with Crippen molar-refractivity contribution >= 4 is 10.9 Å². The number of benzene rings is 1. The summed E-state index contributed by atoms with van der Waals surface area (Å²) in [6.07, 6.45) is 1.02. The largest absolute Gasteiger partial charge is 0.418 e. The molecular formula is C13H12F3N. The van der Waals surface area contributed by atoms with Crippen LogP contribution in [0.1, 0.15) is 29.5 Å². The van der Waals surface area contributed by atoms with Gasteiger partial charge in [-0.3, -0.25) is 0 Å². The maximum atomic E-state index is 12.9. The van der Waals surface area contributed by atoms with E-state index in [1.165, 1.54) is 6.07 Å². The summed E-state index contributed by atoms with van der Waals surface area (Å²) in [6, 6.07) is 3.09. The molecule has 0 radical (unpaired) electrons. The van der Waals surface area contributed by atoms with Crippen molar-refractivity contribution in [2.24, 2.45) is 0 Å². The molecule has 2 aromatic rings. The van der Waals surface area contributed by atoms with Crippen molar-refractivity contribution in [2.75, 3.05) is 0 Å². The number of H-pyrrole nitrogens is 1.